The van der Waals surface area contributed by atoms with Gasteiger partial charge in [0.05, 0.1) is 19.8 Å². The maximum Gasteiger partial charge on any atom is 0.434 e. The van der Waals surface area contributed by atoms with Crippen molar-refractivity contribution in [2.45, 2.75) is 33.3 Å². The highest BCUT2D eigenvalue weighted by atomic mass is 16.6. The van der Waals surface area contributed by atoms with Gasteiger partial charge in [0.25, 0.3) is 0 Å². The molecule has 0 saturated carbocycles. The molecular formula is C21H35N3O4. The van der Waals surface area contributed by atoms with E-state index in [4.69, 9.17) is 9.47 Å². The van der Waals surface area contributed by atoms with E-state index in [2.05, 4.69) is 10.2 Å². The molecule has 1 aliphatic rings. The number of carbonyl (C=O) groups is 1. The minimum Gasteiger partial charge on any atom is -0.439 e. The fourth-order valence-electron chi connectivity index (χ4n) is 3.17. The molecule has 1 fully saturated rings. The first kappa shape index (κ1) is 22.6. The van der Waals surface area contributed by atoms with Gasteiger partial charge in [-0.15, -0.1) is 0 Å². The van der Waals surface area contributed by atoms with Gasteiger partial charge in [-0.3, -0.25) is 10.1 Å². The van der Waals surface area contributed by atoms with Crippen LogP contribution in [-0.4, -0.2) is 73.7 Å². The maximum atomic E-state index is 12.3. The Kier molecular flexibility index (Phi) is 9.18. The molecule has 0 radical (unpaired) electrons. The van der Waals surface area contributed by atoms with Crippen LogP contribution in [0.15, 0.2) is 30.3 Å². The van der Waals surface area contributed by atoms with Crippen LogP contribution in [-0.2, 0) is 9.47 Å². The zero-order chi connectivity index (χ0) is 20.4. The normalized spacial score (nSPS) is 16.6. The fraction of sp³-hybridized carbons (Fsp3) is 0.667. The summed E-state index contributed by atoms with van der Waals surface area (Å²) in [6.45, 7) is 12.4. The van der Waals surface area contributed by atoms with Gasteiger partial charge >= 0.3 is 6.09 Å². The summed E-state index contributed by atoms with van der Waals surface area (Å²) >= 11 is 0. The molecule has 1 aromatic carbocycles. The van der Waals surface area contributed by atoms with Crippen LogP contribution in [0.3, 0.4) is 0 Å². The van der Waals surface area contributed by atoms with Gasteiger partial charge in [-0.1, -0.05) is 51.1 Å². The average Bonchev–Trinajstić information content (AvgIpc) is 2.69. The zero-order valence-electron chi connectivity index (χ0n) is 17.4. The summed E-state index contributed by atoms with van der Waals surface area (Å²) < 4.78 is 10.9. The van der Waals surface area contributed by atoms with Crippen molar-refractivity contribution in [3.63, 3.8) is 0 Å². The molecule has 1 aliphatic heterocycles. The Hall–Kier alpha value is -1.67. The molecule has 7 heteroatoms. The van der Waals surface area contributed by atoms with Gasteiger partial charge in [0, 0.05) is 31.6 Å². The van der Waals surface area contributed by atoms with Gasteiger partial charge in [-0.2, -0.15) is 5.06 Å². The first-order chi connectivity index (χ1) is 13.4. The fourth-order valence-corrected chi connectivity index (χ4v) is 3.17. The topological polar surface area (TPSA) is 74.3 Å². The Morgan fingerprint density at radius 2 is 1.93 bits per heavy atom. The number of carbonyl (C=O) groups excluding carboxylic acids is 1. The first-order valence-electron chi connectivity index (χ1n) is 10.1. The van der Waals surface area contributed by atoms with Crippen LogP contribution in [0.5, 0.6) is 0 Å². The lowest BCUT2D eigenvalue weighted by Crippen LogP contribution is -2.40. The molecular weight excluding hydrogens is 358 g/mol. The molecule has 1 aromatic rings. The van der Waals surface area contributed by atoms with Crippen molar-refractivity contribution in [2.75, 3.05) is 52.5 Å². The smallest absolute Gasteiger partial charge is 0.434 e. The van der Waals surface area contributed by atoms with E-state index >= 15 is 0 Å². The van der Waals surface area contributed by atoms with Crippen LogP contribution in [0, 0.1) is 5.41 Å². The summed E-state index contributed by atoms with van der Waals surface area (Å²) in [6.07, 6.45) is -0.486. The van der Waals surface area contributed by atoms with E-state index in [1.165, 1.54) is 0 Å². The summed E-state index contributed by atoms with van der Waals surface area (Å²) in [5, 5.41) is 14.1. The van der Waals surface area contributed by atoms with Crippen molar-refractivity contribution in [3.05, 3.63) is 35.9 Å². The predicted octanol–water partition coefficient (Wildman–Crippen LogP) is 2.91. The molecule has 1 unspecified atom stereocenters. The number of amides is 1. The lowest BCUT2D eigenvalue weighted by molar-refractivity contribution is -0.0959. The standard InChI is InChI=1S/C21H35N3O4/c1-21(2,3)19(18-8-5-4-6-9-18)28-20(25)24(26)12-7-10-22-11-13-23-14-16-27-17-15-23/h4-6,8-9,19,22,26H,7,10-17H2,1-3H3. The summed E-state index contributed by atoms with van der Waals surface area (Å²) in [7, 11) is 0. The van der Waals surface area contributed by atoms with Crippen molar-refractivity contribution < 1.29 is 19.5 Å². The number of hydrogen-bond acceptors (Lipinski definition) is 6. The Morgan fingerprint density at radius 3 is 2.57 bits per heavy atom. The van der Waals surface area contributed by atoms with Crippen molar-refractivity contribution in [1.82, 2.24) is 15.3 Å². The Morgan fingerprint density at radius 1 is 1.25 bits per heavy atom. The average molecular weight is 394 g/mol. The number of morpholine rings is 1. The SMILES string of the molecule is CC(C)(C)C(OC(=O)N(O)CCCNCCN1CCOCC1)c1ccccc1. The van der Waals surface area contributed by atoms with E-state index in [9.17, 15) is 10.0 Å². The number of benzene rings is 1. The second kappa shape index (κ2) is 11.4. The third-order valence-electron chi connectivity index (χ3n) is 4.75. The van der Waals surface area contributed by atoms with Gasteiger partial charge in [0.15, 0.2) is 0 Å². The molecule has 1 saturated heterocycles. The van der Waals surface area contributed by atoms with E-state index in [1.54, 1.807) is 0 Å². The summed E-state index contributed by atoms with van der Waals surface area (Å²) in [5.41, 5.74) is 0.639. The maximum absolute atomic E-state index is 12.3. The molecule has 0 aromatic heterocycles. The number of nitrogens with one attached hydrogen (secondary N) is 1. The highest BCUT2D eigenvalue weighted by molar-refractivity contribution is 5.66. The zero-order valence-corrected chi connectivity index (χ0v) is 17.4. The highest BCUT2D eigenvalue weighted by Gasteiger charge is 2.31. The van der Waals surface area contributed by atoms with Crippen molar-refractivity contribution in [3.8, 4) is 0 Å². The number of rotatable bonds is 9. The Labute approximate surface area is 168 Å². The number of nitrogens with zero attached hydrogens (tertiary/aromatic N) is 2. The molecule has 0 aliphatic carbocycles. The van der Waals surface area contributed by atoms with Crippen molar-refractivity contribution in [1.29, 1.82) is 0 Å². The van der Waals surface area contributed by atoms with E-state index in [1.807, 2.05) is 51.1 Å². The number of ether oxygens (including phenoxy) is 2. The minimum absolute atomic E-state index is 0.231. The van der Waals surface area contributed by atoms with Gasteiger partial charge in [0.2, 0.25) is 0 Å². The minimum atomic E-state index is -0.711. The lowest BCUT2D eigenvalue weighted by Gasteiger charge is -2.31. The van der Waals surface area contributed by atoms with Crippen molar-refractivity contribution in [2.24, 2.45) is 5.41 Å². The third kappa shape index (κ3) is 7.75. The van der Waals surface area contributed by atoms with Crippen LogP contribution in [0.25, 0.3) is 0 Å². The lowest BCUT2D eigenvalue weighted by atomic mass is 9.84. The molecule has 0 spiro atoms. The molecule has 2 rings (SSSR count). The Bertz CT molecular complexity index is 571. The summed E-state index contributed by atoms with van der Waals surface area (Å²) in [4.78, 5) is 14.7. The monoisotopic (exact) mass is 393 g/mol. The first-order valence-corrected chi connectivity index (χ1v) is 10.1. The van der Waals surface area contributed by atoms with E-state index in [0.717, 1.165) is 51.5 Å². The van der Waals surface area contributed by atoms with Crippen LogP contribution < -0.4 is 5.32 Å². The van der Waals surface area contributed by atoms with Crippen LogP contribution >= 0.6 is 0 Å². The van der Waals surface area contributed by atoms with Gasteiger partial charge in [0.1, 0.15) is 6.10 Å². The largest absolute Gasteiger partial charge is 0.439 e. The molecule has 1 atom stereocenters. The van der Waals surface area contributed by atoms with Crippen LogP contribution in [0.4, 0.5) is 4.79 Å². The second-order valence-corrected chi connectivity index (χ2v) is 8.22. The van der Waals surface area contributed by atoms with E-state index < -0.39 is 12.2 Å². The number of hydrogen-bond donors (Lipinski definition) is 2. The molecule has 158 valence electrons. The van der Waals surface area contributed by atoms with Crippen LogP contribution in [0.2, 0.25) is 0 Å². The third-order valence-corrected chi connectivity index (χ3v) is 4.75. The molecule has 0 bridgehead atoms. The molecule has 7 nitrogen and oxygen atoms in total. The van der Waals surface area contributed by atoms with Crippen LogP contribution in [0.1, 0.15) is 38.9 Å². The summed E-state index contributed by atoms with van der Waals surface area (Å²) in [6, 6.07) is 9.63. The van der Waals surface area contributed by atoms with Gasteiger partial charge < -0.3 is 14.8 Å². The Balaban J connectivity index is 1.68. The van der Waals surface area contributed by atoms with E-state index in [0.29, 0.717) is 11.5 Å². The van der Waals surface area contributed by atoms with Gasteiger partial charge in [-0.25, -0.2) is 4.79 Å². The molecule has 28 heavy (non-hydrogen) atoms. The predicted molar refractivity (Wildman–Crippen MR) is 108 cm³/mol. The quantitative estimate of drug-likeness (QED) is 0.382. The molecule has 1 heterocycles. The van der Waals surface area contributed by atoms with Crippen molar-refractivity contribution >= 4 is 6.09 Å². The number of hydroxylamine groups is 2. The molecule has 1 amide bonds. The van der Waals surface area contributed by atoms with Gasteiger partial charge in [-0.05, 0) is 18.5 Å². The summed E-state index contributed by atoms with van der Waals surface area (Å²) in [5.74, 6) is 0. The highest BCUT2D eigenvalue weighted by Crippen LogP contribution is 2.36. The van der Waals surface area contributed by atoms with E-state index in [-0.39, 0.29) is 12.0 Å². The molecule has 2 N–H and O–H groups in total. The second-order valence-electron chi connectivity index (χ2n) is 8.22.